The summed E-state index contributed by atoms with van der Waals surface area (Å²) >= 11 is 0. The average molecular weight is 558 g/mol. The van der Waals surface area contributed by atoms with Crippen molar-refractivity contribution in [1.82, 2.24) is 29.3 Å². The summed E-state index contributed by atoms with van der Waals surface area (Å²) < 4.78 is 33.3. The van der Waals surface area contributed by atoms with E-state index >= 15 is 0 Å². The van der Waals surface area contributed by atoms with Gasteiger partial charge in [0.1, 0.15) is 12.5 Å². The molecule has 0 amide bonds. The number of aromatic amines is 2. The van der Waals surface area contributed by atoms with Gasteiger partial charge in [0.05, 0.1) is 25.4 Å². The Morgan fingerprint density at radius 2 is 1.55 bits per heavy atom. The van der Waals surface area contributed by atoms with Crippen molar-refractivity contribution in [3.05, 3.63) is 65.2 Å². The van der Waals surface area contributed by atoms with Crippen molar-refractivity contribution in [1.29, 1.82) is 0 Å². The molecule has 2 aliphatic heterocycles. The maximum atomic E-state index is 13.5. The SMILES string of the molecule is CNP(=O)(NC1CC(n2cc(C)c(=O)[nH]c2=O)OC1CO)OCC1OC(n2cc(C)c(=O)[nH]c2=O)CC1N. The standard InChI is InChI=1S/C21H32N7O9P/c1-10-6-27(20(32)24-18(10)30)16-4-12(22)15(37-16)9-35-38(34,23-3)26-13-5-17(36-14(13)8-29)28-7-11(2)19(31)25-21(28)33/h6-7,12-17,29H,4-5,8-9,22H2,1-3H3,(H2,23,26,34)(H,24,30,32)(H,25,31,33). The van der Waals surface area contributed by atoms with Gasteiger partial charge in [0.25, 0.3) is 11.1 Å². The molecule has 0 saturated carbocycles. The van der Waals surface area contributed by atoms with E-state index in [1.807, 2.05) is 0 Å². The zero-order valence-corrected chi connectivity index (χ0v) is 22.0. The van der Waals surface area contributed by atoms with Gasteiger partial charge < -0.3 is 24.8 Å². The number of hydrogen-bond acceptors (Lipinski definition) is 10. The highest BCUT2D eigenvalue weighted by molar-refractivity contribution is 7.54. The number of nitrogens with zero attached hydrogens (tertiary/aromatic N) is 2. The number of nitrogens with two attached hydrogens (primary N) is 1. The molecule has 2 saturated heterocycles. The first-order valence-corrected chi connectivity index (χ1v) is 13.6. The lowest BCUT2D eigenvalue weighted by atomic mass is 10.1. The van der Waals surface area contributed by atoms with Crippen LogP contribution in [0.2, 0.25) is 0 Å². The molecule has 17 heteroatoms. The minimum absolute atomic E-state index is 0.141. The van der Waals surface area contributed by atoms with Gasteiger partial charge >= 0.3 is 19.0 Å². The minimum atomic E-state index is -3.73. The van der Waals surface area contributed by atoms with Crippen LogP contribution in [0.1, 0.15) is 36.4 Å². The third-order valence-corrected chi connectivity index (χ3v) is 8.44. The Bertz CT molecular complexity index is 1450. The van der Waals surface area contributed by atoms with Crippen molar-refractivity contribution in [2.45, 2.75) is 63.4 Å². The van der Waals surface area contributed by atoms with Crippen molar-refractivity contribution < 1.29 is 23.7 Å². The van der Waals surface area contributed by atoms with E-state index in [2.05, 4.69) is 20.1 Å². The highest BCUT2D eigenvalue weighted by Gasteiger charge is 2.42. The zero-order valence-electron chi connectivity index (χ0n) is 21.1. The average Bonchev–Trinajstić information content (AvgIpc) is 3.44. The highest BCUT2D eigenvalue weighted by atomic mass is 31.2. The lowest BCUT2D eigenvalue weighted by molar-refractivity contribution is -0.0291. The van der Waals surface area contributed by atoms with E-state index in [1.54, 1.807) is 13.8 Å². The van der Waals surface area contributed by atoms with Crippen LogP contribution in [0.5, 0.6) is 0 Å². The predicted octanol–water partition coefficient (Wildman–Crippen LogP) is -2.10. The second-order valence-electron chi connectivity index (χ2n) is 9.34. The summed E-state index contributed by atoms with van der Waals surface area (Å²) in [4.78, 5) is 52.3. The van der Waals surface area contributed by atoms with Crippen LogP contribution < -0.4 is 38.4 Å². The van der Waals surface area contributed by atoms with Crippen LogP contribution in [-0.4, -0.2) is 68.8 Å². The van der Waals surface area contributed by atoms with Crippen LogP contribution in [-0.2, 0) is 18.6 Å². The molecule has 4 rings (SSSR count). The van der Waals surface area contributed by atoms with Crippen molar-refractivity contribution in [3.63, 3.8) is 0 Å². The Labute approximate surface area is 215 Å². The van der Waals surface area contributed by atoms with Crippen molar-refractivity contribution in [2.24, 2.45) is 5.73 Å². The van der Waals surface area contributed by atoms with Crippen LogP contribution >= 0.6 is 7.67 Å². The molecule has 4 heterocycles. The topological polar surface area (TPSA) is 225 Å². The quantitative estimate of drug-likeness (QED) is 0.182. The number of aryl methyl sites for hydroxylation is 2. The maximum Gasteiger partial charge on any atom is 0.340 e. The Morgan fingerprint density at radius 3 is 2.08 bits per heavy atom. The van der Waals surface area contributed by atoms with Crippen molar-refractivity contribution in [2.75, 3.05) is 20.3 Å². The molecule has 0 spiro atoms. The van der Waals surface area contributed by atoms with Gasteiger partial charge in [0.15, 0.2) is 0 Å². The monoisotopic (exact) mass is 557 g/mol. The molecule has 7 atom stereocenters. The number of ether oxygens (including phenoxy) is 2. The van der Waals surface area contributed by atoms with Crippen LogP contribution in [0.3, 0.4) is 0 Å². The third kappa shape index (κ3) is 5.82. The molecule has 16 nitrogen and oxygen atoms in total. The predicted molar refractivity (Wildman–Crippen MR) is 134 cm³/mol. The van der Waals surface area contributed by atoms with Gasteiger partial charge in [-0.25, -0.2) is 19.8 Å². The third-order valence-electron chi connectivity index (χ3n) is 6.66. The summed E-state index contributed by atoms with van der Waals surface area (Å²) in [5.74, 6) is 0. The van der Waals surface area contributed by atoms with Gasteiger partial charge in [-0.3, -0.25) is 33.3 Å². The van der Waals surface area contributed by atoms with Crippen molar-refractivity contribution >= 4 is 7.67 Å². The highest BCUT2D eigenvalue weighted by Crippen LogP contribution is 2.42. The summed E-state index contributed by atoms with van der Waals surface area (Å²) in [7, 11) is -2.31. The van der Waals surface area contributed by atoms with E-state index in [1.165, 1.54) is 28.6 Å². The van der Waals surface area contributed by atoms with Gasteiger partial charge in [-0.15, -0.1) is 0 Å². The molecule has 2 aromatic heterocycles. The second kappa shape index (κ2) is 11.2. The fraction of sp³-hybridized carbons (Fsp3) is 0.619. The summed E-state index contributed by atoms with van der Waals surface area (Å²) in [6, 6.07) is -1.24. The largest absolute Gasteiger partial charge is 0.394 e. The lowest BCUT2D eigenvalue weighted by Gasteiger charge is -2.26. The molecule has 0 bridgehead atoms. The molecular weight excluding hydrogens is 525 g/mol. The van der Waals surface area contributed by atoms with Gasteiger partial charge in [-0.2, -0.15) is 0 Å². The first-order chi connectivity index (χ1) is 17.9. The molecule has 2 aromatic rings. The fourth-order valence-corrected chi connectivity index (χ4v) is 5.85. The molecule has 210 valence electrons. The molecule has 0 aromatic carbocycles. The second-order valence-corrected chi connectivity index (χ2v) is 11.4. The molecule has 2 aliphatic rings. The van der Waals surface area contributed by atoms with Crippen LogP contribution in [0, 0.1) is 13.8 Å². The zero-order chi connectivity index (χ0) is 27.8. The summed E-state index contributed by atoms with van der Waals surface area (Å²) in [6.07, 6.45) is 0.0377. The first-order valence-electron chi connectivity index (χ1n) is 12.0. The smallest absolute Gasteiger partial charge is 0.340 e. The molecule has 7 unspecified atom stereocenters. The Morgan fingerprint density at radius 1 is 1.03 bits per heavy atom. The number of hydrogen-bond donors (Lipinski definition) is 6. The van der Waals surface area contributed by atoms with E-state index in [-0.39, 0.29) is 19.4 Å². The van der Waals surface area contributed by atoms with Crippen molar-refractivity contribution in [3.8, 4) is 0 Å². The van der Waals surface area contributed by atoms with Crippen LogP contribution in [0.25, 0.3) is 0 Å². The van der Waals surface area contributed by atoms with Gasteiger partial charge in [0.2, 0.25) is 0 Å². The fourth-order valence-electron chi connectivity index (χ4n) is 4.45. The molecular formula is C21H32N7O9P. The number of aromatic nitrogens is 4. The normalized spacial score (nSPS) is 29.0. The number of aliphatic hydroxyl groups is 1. The van der Waals surface area contributed by atoms with E-state index in [0.717, 1.165) is 0 Å². The van der Waals surface area contributed by atoms with Gasteiger partial charge in [0, 0.05) is 48.4 Å². The molecule has 2 fully saturated rings. The molecule has 0 radical (unpaired) electrons. The molecule has 7 N–H and O–H groups in total. The summed E-state index contributed by atoms with van der Waals surface area (Å²) in [6.45, 7) is 2.48. The van der Waals surface area contributed by atoms with Gasteiger partial charge in [-0.1, -0.05) is 0 Å². The Hall–Kier alpha value is -2.69. The van der Waals surface area contributed by atoms with E-state index in [0.29, 0.717) is 11.1 Å². The van der Waals surface area contributed by atoms with Crippen LogP contribution in [0.15, 0.2) is 31.6 Å². The maximum absolute atomic E-state index is 13.5. The van der Waals surface area contributed by atoms with E-state index < -0.39 is 73.5 Å². The number of aliphatic hydroxyl groups excluding tert-OH is 1. The number of rotatable bonds is 9. The van der Waals surface area contributed by atoms with Gasteiger partial charge in [-0.05, 0) is 20.9 Å². The first kappa shape index (κ1) is 28.3. The number of nitrogens with one attached hydrogen (secondary N) is 4. The number of H-pyrrole nitrogens is 2. The summed E-state index contributed by atoms with van der Waals surface area (Å²) in [5.41, 5.74) is 4.52. The van der Waals surface area contributed by atoms with Crippen LogP contribution in [0.4, 0.5) is 0 Å². The Balaban J connectivity index is 1.42. The molecule has 0 aliphatic carbocycles. The summed E-state index contributed by atoms with van der Waals surface area (Å²) in [5, 5.41) is 15.3. The lowest BCUT2D eigenvalue weighted by Crippen LogP contribution is -2.40. The minimum Gasteiger partial charge on any atom is -0.394 e. The molecule has 38 heavy (non-hydrogen) atoms. The van der Waals surface area contributed by atoms with E-state index in [4.69, 9.17) is 19.7 Å². The Kier molecular flexibility index (Phi) is 8.34. The van der Waals surface area contributed by atoms with E-state index in [9.17, 15) is 28.8 Å².